The van der Waals surface area contributed by atoms with Gasteiger partial charge in [0.2, 0.25) is 83.3 Å². The molecule has 59 heavy (non-hydrogen) atoms. The monoisotopic (exact) mass is 891 g/mol. The number of Topliss-reactive ketones (excluding diaryl/α,β-unsaturated/α-hetero) is 1. The average Bonchev–Trinajstić information content (AvgIpc) is 3.32. The number of rotatable bonds is 13. The summed E-state index contributed by atoms with van der Waals surface area (Å²) in [5.74, 6) is 0.464. The lowest BCUT2D eigenvalue weighted by Gasteiger charge is -2.05. The van der Waals surface area contributed by atoms with Gasteiger partial charge in [0.15, 0.2) is 0 Å². The molecule has 0 aliphatic heterocycles. The molecule has 0 aromatic heterocycles. The van der Waals surface area contributed by atoms with Crippen molar-refractivity contribution in [1.29, 1.82) is 0 Å². The Morgan fingerprint density at radius 3 is 0.356 bits per heavy atom. The first-order valence-electron chi connectivity index (χ1n) is 12.6. The molecule has 0 aromatic rings. The number of ketones is 1. The van der Waals surface area contributed by atoms with E-state index in [1.165, 1.54) is 77.7 Å². The molecule has 0 saturated heterocycles. The molecule has 1 rings (SSSR count). The Morgan fingerprint density at radius 1 is 0.237 bits per heavy atom. The second kappa shape index (κ2) is 177. The van der Waals surface area contributed by atoms with Gasteiger partial charge in [-0.3, -0.25) is 135 Å². The lowest BCUT2D eigenvalue weighted by atomic mass is 10.00. The number of carbonyl (C=O) groups is 14. The molecule has 0 atom stereocenters. The van der Waals surface area contributed by atoms with Crippen LogP contribution in [0.3, 0.4) is 0 Å². The summed E-state index contributed by atoms with van der Waals surface area (Å²) in [6, 6.07) is 0. The van der Waals surface area contributed by atoms with E-state index in [0.717, 1.165) is 25.7 Å². The zero-order chi connectivity index (χ0) is 49.5. The van der Waals surface area contributed by atoms with Gasteiger partial charge < -0.3 is 0 Å². The smallest absolute Gasteiger partial charge is 0.230 e. The van der Waals surface area contributed by atoms with Crippen LogP contribution in [0.4, 0.5) is 0 Å². The van der Waals surface area contributed by atoms with Crippen LogP contribution in [0.25, 0.3) is 0 Å². The lowest BCUT2D eigenvalue weighted by molar-refractivity contribution is -0.120. The third kappa shape index (κ3) is 666. The number of hydroxylamine groups is 13. The van der Waals surface area contributed by atoms with Crippen LogP contribution in [0.5, 0.6) is 0 Å². The minimum atomic E-state index is 0.181. The molecule has 40 heteroatoms. The van der Waals surface area contributed by atoms with E-state index in [1.807, 2.05) is 0 Å². The fraction of sp³-hybridized carbons (Fsp3) is 0.263. The summed E-state index contributed by atoms with van der Waals surface area (Å²) in [5, 5.41) is 94.3. The van der Waals surface area contributed by atoms with E-state index in [9.17, 15) is 4.79 Å². The summed E-state index contributed by atoms with van der Waals surface area (Å²) in [4.78, 5) is 125. The molecule has 40 nitrogen and oxygen atoms in total. The van der Waals surface area contributed by atoms with Crippen molar-refractivity contribution in [3.8, 4) is 0 Å². The summed E-state index contributed by atoms with van der Waals surface area (Å²) in [6.07, 6.45) is 7.59. The zero-order valence-electron chi connectivity index (χ0n) is 29.6. The van der Waals surface area contributed by atoms with Crippen molar-refractivity contribution < 1.29 is 135 Å². The predicted molar refractivity (Wildman–Crippen MR) is 171 cm³/mol. The minimum absolute atomic E-state index is 0.181. The Hall–Kier alpha value is -7.74. The van der Waals surface area contributed by atoms with Crippen LogP contribution < -0.4 is 71.2 Å². The van der Waals surface area contributed by atoms with Crippen LogP contribution in [0.2, 0.25) is 0 Å². The molecule has 352 valence electrons. The van der Waals surface area contributed by atoms with Crippen molar-refractivity contribution in [2.45, 2.75) is 32.1 Å². The summed E-state index contributed by atoms with van der Waals surface area (Å²) in [5.41, 5.74) is 16.2. The van der Waals surface area contributed by atoms with Crippen LogP contribution in [-0.4, -0.2) is 157 Å². The molecule has 0 radical (unpaired) electrons. The minimum Gasteiger partial charge on any atom is -0.300 e. The van der Waals surface area contributed by atoms with Crippen LogP contribution >= 0.6 is 0 Å². The highest BCUT2D eigenvalue weighted by atomic mass is 16.5. The maximum Gasteiger partial charge on any atom is 0.230 e. The summed E-state index contributed by atoms with van der Waals surface area (Å²) < 4.78 is 0. The molecule has 0 heterocycles. The highest BCUT2D eigenvalue weighted by molar-refractivity contribution is 5.78. The standard InChI is InChI=1S/C6H10O.13CH3NO2/c7-6-4-2-1-3-5-6;13*3-1-2-4/h1-5H2;13*1,4H,(H,2,3). The number of carbonyl (C=O) groups excluding carboxylic acids is 14. The van der Waals surface area contributed by atoms with Gasteiger partial charge in [-0.2, -0.15) is 0 Å². The first-order valence-corrected chi connectivity index (χ1v) is 12.6. The quantitative estimate of drug-likeness (QED) is 0.0464. The largest absolute Gasteiger partial charge is 0.300 e. The fourth-order valence-corrected chi connectivity index (χ4v) is 0.946. The second-order valence-corrected chi connectivity index (χ2v) is 5.31. The van der Waals surface area contributed by atoms with E-state index in [-0.39, 0.29) is 83.3 Å². The van der Waals surface area contributed by atoms with Gasteiger partial charge in [-0.05, 0) is 12.8 Å². The van der Waals surface area contributed by atoms with Crippen LogP contribution in [0, 0.1) is 0 Å². The van der Waals surface area contributed by atoms with Crippen LogP contribution in [0.1, 0.15) is 32.1 Å². The van der Waals surface area contributed by atoms with Gasteiger partial charge in [0, 0.05) is 12.8 Å². The van der Waals surface area contributed by atoms with Crippen molar-refractivity contribution in [3.05, 3.63) is 0 Å². The molecule has 1 aliphatic rings. The molecule has 0 aromatic carbocycles. The normalized spacial score (nSPS) is 7.31. The number of nitrogens with one attached hydrogen (secondary N) is 13. The van der Waals surface area contributed by atoms with Gasteiger partial charge in [-0.15, -0.1) is 0 Å². The Morgan fingerprint density at radius 2 is 0.322 bits per heavy atom. The highest BCUT2D eigenvalue weighted by Gasteiger charge is 2.05. The summed E-state index contributed by atoms with van der Waals surface area (Å²) in [7, 11) is 0. The number of amides is 13. The van der Waals surface area contributed by atoms with Crippen molar-refractivity contribution in [2.75, 3.05) is 0 Å². The molecular weight excluding hydrogens is 842 g/mol. The SMILES string of the molecule is O=C1CCCCC1.O=CNO.O=CNO.O=CNO.O=CNO.O=CNO.O=CNO.O=CNO.O=CNO.O=CNO.O=CNO.O=CNO.O=CNO.O=CNO. The van der Waals surface area contributed by atoms with Gasteiger partial charge in [0.05, 0.1) is 0 Å². The van der Waals surface area contributed by atoms with Gasteiger partial charge in [-0.1, -0.05) is 6.42 Å². The molecule has 0 spiro atoms. The van der Waals surface area contributed by atoms with Gasteiger partial charge >= 0.3 is 0 Å². The molecule has 13 amide bonds. The van der Waals surface area contributed by atoms with Crippen molar-refractivity contribution in [3.63, 3.8) is 0 Å². The van der Waals surface area contributed by atoms with E-state index in [4.69, 9.17) is 130 Å². The van der Waals surface area contributed by atoms with Gasteiger partial charge in [0.25, 0.3) is 0 Å². The molecule has 26 N–H and O–H groups in total. The molecular formula is C19H49N13O27. The Bertz CT molecular complexity index is 613. The Balaban J connectivity index is -0.0000000353. The van der Waals surface area contributed by atoms with Crippen LogP contribution in [-0.2, 0) is 67.1 Å². The number of hydrogen-bond donors (Lipinski definition) is 26. The molecule has 0 bridgehead atoms. The van der Waals surface area contributed by atoms with E-state index in [1.54, 1.807) is 0 Å². The molecule has 1 saturated carbocycles. The first kappa shape index (κ1) is 88.5. The first-order chi connectivity index (χ1) is 28.3. The van der Waals surface area contributed by atoms with Crippen molar-refractivity contribution in [2.24, 2.45) is 0 Å². The van der Waals surface area contributed by atoms with E-state index < -0.39 is 0 Å². The van der Waals surface area contributed by atoms with Gasteiger partial charge in [-0.25, -0.2) is 71.2 Å². The van der Waals surface area contributed by atoms with E-state index in [2.05, 4.69) is 0 Å². The molecule has 0 unspecified atom stereocenters. The van der Waals surface area contributed by atoms with Crippen molar-refractivity contribution >= 4 is 89.1 Å². The second-order valence-electron chi connectivity index (χ2n) is 5.31. The predicted octanol–water partition coefficient (Wildman–Crippen LogP) is -9.90. The van der Waals surface area contributed by atoms with Crippen LogP contribution in [0.15, 0.2) is 0 Å². The van der Waals surface area contributed by atoms with Crippen molar-refractivity contribution in [1.82, 2.24) is 71.2 Å². The third-order valence-electron chi connectivity index (χ3n) is 2.10. The zero-order valence-corrected chi connectivity index (χ0v) is 29.6. The maximum absolute atomic E-state index is 10.5. The highest BCUT2D eigenvalue weighted by Crippen LogP contribution is 2.12. The lowest BCUT2D eigenvalue weighted by Crippen LogP contribution is -2.02. The molecule has 1 fully saturated rings. The Labute approximate surface area is 328 Å². The summed E-state index contributed by atoms with van der Waals surface area (Å²) >= 11 is 0. The van der Waals surface area contributed by atoms with E-state index >= 15 is 0 Å². The van der Waals surface area contributed by atoms with Gasteiger partial charge in [0.1, 0.15) is 5.78 Å². The maximum atomic E-state index is 10.5. The number of hydrogen-bond acceptors (Lipinski definition) is 27. The van der Waals surface area contributed by atoms with E-state index in [0.29, 0.717) is 5.78 Å². The fourth-order valence-electron chi connectivity index (χ4n) is 0.946. The summed E-state index contributed by atoms with van der Waals surface area (Å²) in [6.45, 7) is 0. The topological polar surface area (TPSA) is 658 Å². The average molecular weight is 892 g/mol. The molecule has 1 aliphatic carbocycles. The third-order valence-corrected chi connectivity index (χ3v) is 2.10. The Kier molecular flexibility index (Phi) is 265.